The van der Waals surface area contributed by atoms with Crippen LogP contribution in [0, 0.1) is 16.0 Å². The fraction of sp³-hybridized carbons (Fsp3) is 0.579. The van der Waals surface area contributed by atoms with Crippen molar-refractivity contribution in [2.75, 3.05) is 6.61 Å². The summed E-state index contributed by atoms with van der Waals surface area (Å²) >= 11 is 0. The third kappa shape index (κ3) is 4.48. The number of nitro groups is 1. The Morgan fingerprint density at radius 2 is 1.96 bits per heavy atom. The van der Waals surface area contributed by atoms with Gasteiger partial charge in [-0.3, -0.25) is 14.9 Å². The van der Waals surface area contributed by atoms with Gasteiger partial charge in [-0.2, -0.15) is 0 Å². The van der Waals surface area contributed by atoms with Crippen molar-refractivity contribution >= 4 is 17.6 Å². The molecule has 0 bridgehead atoms. The molecule has 1 aromatic carbocycles. The molecular weight excluding hydrogens is 368 g/mol. The highest BCUT2D eigenvalue weighted by Crippen LogP contribution is 2.28. The van der Waals surface area contributed by atoms with Gasteiger partial charge in [-0.25, -0.2) is 4.79 Å². The van der Waals surface area contributed by atoms with Gasteiger partial charge in [0.1, 0.15) is 6.10 Å². The third-order valence-corrected chi connectivity index (χ3v) is 5.12. The maximum absolute atomic E-state index is 12.3. The molecule has 0 aromatic heterocycles. The van der Waals surface area contributed by atoms with Crippen LogP contribution in [0.25, 0.3) is 0 Å². The second-order valence-corrected chi connectivity index (χ2v) is 7.11. The van der Waals surface area contributed by atoms with Crippen LogP contribution in [0.4, 0.5) is 5.69 Å². The quantitative estimate of drug-likeness (QED) is 0.327. The van der Waals surface area contributed by atoms with Crippen molar-refractivity contribution < 1.29 is 28.7 Å². The van der Waals surface area contributed by atoms with E-state index in [9.17, 15) is 19.7 Å². The van der Waals surface area contributed by atoms with Gasteiger partial charge in [0, 0.05) is 18.7 Å². The number of rotatable bonds is 7. The molecule has 2 aliphatic rings. The van der Waals surface area contributed by atoms with E-state index >= 15 is 0 Å². The molecule has 9 heteroatoms. The number of carbonyl (C=O) groups is 2. The summed E-state index contributed by atoms with van der Waals surface area (Å²) < 4.78 is 16.9. The fourth-order valence-electron chi connectivity index (χ4n) is 3.50. The Balaban J connectivity index is 1.56. The Labute approximate surface area is 162 Å². The number of hydrogen-bond donors (Lipinski definition) is 1. The van der Waals surface area contributed by atoms with E-state index in [0.29, 0.717) is 6.61 Å². The van der Waals surface area contributed by atoms with Crippen LogP contribution in [0.2, 0.25) is 0 Å². The molecule has 3 rings (SSSR count). The van der Waals surface area contributed by atoms with E-state index in [0.717, 1.165) is 19.3 Å². The molecule has 2 fully saturated rings. The van der Waals surface area contributed by atoms with Crippen LogP contribution < -0.4 is 5.32 Å². The van der Waals surface area contributed by atoms with Gasteiger partial charge < -0.3 is 19.5 Å². The van der Waals surface area contributed by atoms with E-state index in [1.807, 2.05) is 6.92 Å². The first kappa shape index (κ1) is 20.2. The molecule has 0 saturated carbocycles. The number of nitrogens with zero attached hydrogens (tertiary/aromatic N) is 1. The Morgan fingerprint density at radius 1 is 1.25 bits per heavy atom. The monoisotopic (exact) mass is 392 g/mol. The molecule has 9 nitrogen and oxygen atoms in total. The predicted molar refractivity (Wildman–Crippen MR) is 97.5 cm³/mol. The van der Waals surface area contributed by atoms with Crippen molar-refractivity contribution in [3.05, 3.63) is 39.9 Å². The Morgan fingerprint density at radius 3 is 2.54 bits per heavy atom. The molecule has 5 atom stereocenters. The number of non-ortho nitro benzene ring substituents is 1. The number of hydrogen-bond acceptors (Lipinski definition) is 7. The van der Waals surface area contributed by atoms with Gasteiger partial charge in [0.05, 0.1) is 28.6 Å². The highest BCUT2D eigenvalue weighted by molar-refractivity contribution is 5.90. The zero-order valence-electron chi connectivity index (χ0n) is 15.8. The molecule has 28 heavy (non-hydrogen) atoms. The fourth-order valence-corrected chi connectivity index (χ4v) is 3.50. The molecule has 1 amide bonds. The van der Waals surface area contributed by atoms with Crippen molar-refractivity contribution in [1.82, 2.24) is 5.32 Å². The van der Waals surface area contributed by atoms with Crippen LogP contribution in [0.5, 0.6) is 0 Å². The van der Waals surface area contributed by atoms with Crippen molar-refractivity contribution in [2.24, 2.45) is 5.92 Å². The first-order valence-electron chi connectivity index (χ1n) is 9.39. The zero-order valence-corrected chi connectivity index (χ0v) is 15.8. The number of amides is 1. The summed E-state index contributed by atoms with van der Waals surface area (Å²) in [5, 5.41) is 13.5. The first-order chi connectivity index (χ1) is 13.4. The van der Waals surface area contributed by atoms with E-state index in [1.165, 1.54) is 24.3 Å². The minimum atomic E-state index is -0.605. The Bertz CT molecular complexity index is 730. The first-order valence-corrected chi connectivity index (χ1v) is 9.39. The van der Waals surface area contributed by atoms with Crippen LogP contribution in [0.15, 0.2) is 24.3 Å². The van der Waals surface area contributed by atoms with Gasteiger partial charge in [-0.05, 0) is 45.2 Å². The summed E-state index contributed by atoms with van der Waals surface area (Å²) in [6.45, 7) is 4.17. The van der Waals surface area contributed by atoms with E-state index in [4.69, 9.17) is 14.2 Å². The molecule has 0 aliphatic carbocycles. The summed E-state index contributed by atoms with van der Waals surface area (Å²) in [6.07, 6.45) is 1.58. The lowest BCUT2D eigenvalue weighted by Gasteiger charge is -2.43. The van der Waals surface area contributed by atoms with Crippen molar-refractivity contribution in [2.45, 2.75) is 57.6 Å². The number of carbonyl (C=O) groups excluding carboxylic acids is 2. The largest absolute Gasteiger partial charge is 0.457 e. The molecule has 2 heterocycles. The minimum Gasteiger partial charge on any atom is -0.457 e. The van der Waals surface area contributed by atoms with Crippen LogP contribution in [0.3, 0.4) is 0 Å². The molecule has 0 spiro atoms. The van der Waals surface area contributed by atoms with Crippen LogP contribution in [-0.2, 0) is 19.0 Å². The normalized spacial score (nSPS) is 26.5. The van der Waals surface area contributed by atoms with Crippen LogP contribution >= 0.6 is 0 Å². The van der Waals surface area contributed by atoms with Crippen molar-refractivity contribution in [3.63, 3.8) is 0 Å². The van der Waals surface area contributed by atoms with Crippen LogP contribution in [-0.4, -0.2) is 47.9 Å². The van der Waals surface area contributed by atoms with E-state index < -0.39 is 22.9 Å². The van der Waals surface area contributed by atoms with E-state index in [2.05, 4.69) is 5.32 Å². The second-order valence-electron chi connectivity index (χ2n) is 7.11. The molecule has 2 saturated heterocycles. The average molecular weight is 392 g/mol. The third-order valence-electron chi connectivity index (χ3n) is 5.12. The molecule has 2 aliphatic heterocycles. The minimum absolute atomic E-state index is 0.105. The SMILES string of the molecule is C[C@H](OC(=O)c1ccc([N+](=O)[O-])cc1)[C@H]1NC(=O)[C@@H]1[C@@H](C)OC1CCCCO1. The number of nitro benzene ring substituents is 1. The predicted octanol–water partition coefficient (Wildman–Crippen LogP) is 2.19. The lowest BCUT2D eigenvalue weighted by molar-refractivity contribution is -0.384. The highest BCUT2D eigenvalue weighted by Gasteiger charge is 2.48. The molecule has 0 radical (unpaired) electrons. The molecule has 152 valence electrons. The molecule has 1 N–H and O–H groups in total. The molecular formula is C19H24N2O7. The Hall–Kier alpha value is -2.52. The second kappa shape index (κ2) is 8.66. The average Bonchev–Trinajstić information content (AvgIpc) is 2.66. The summed E-state index contributed by atoms with van der Waals surface area (Å²) in [6, 6.07) is 4.81. The number of ether oxygens (including phenoxy) is 3. The smallest absolute Gasteiger partial charge is 0.338 e. The topological polar surface area (TPSA) is 117 Å². The number of benzene rings is 1. The van der Waals surface area contributed by atoms with Crippen molar-refractivity contribution in [3.8, 4) is 0 Å². The number of nitrogens with one attached hydrogen (secondary N) is 1. The van der Waals surface area contributed by atoms with Gasteiger partial charge in [0.15, 0.2) is 6.29 Å². The Kier molecular flexibility index (Phi) is 6.25. The lowest BCUT2D eigenvalue weighted by Crippen LogP contribution is -2.67. The highest BCUT2D eigenvalue weighted by atomic mass is 16.7. The van der Waals surface area contributed by atoms with E-state index in [-0.39, 0.29) is 35.6 Å². The number of esters is 1. The summed E-state index contributed by atoms with van der Waals surface area (Å²) in [7, 11) is 0. The lowest BCUT2D eigenvalue weighted by atomic mass is 9.83. The van der Waals surface area contributed by atoms with Crippen molar-refractivity contribution in [1.29, 1.82) is 0 Å². The molecule has 1 unspecified atom stereocenters. The maximum atomic E-state index is 12.3. The zero-order chi connectivity index (χ0) is 20.3. The van der Waals surface area contributed by atoms with Gasteiger partial charge in [0.25, 0.3) is 5.69 Å². The maximum Gasteiger partial charge on any atom is 0.338 e. The molecule has 1 aromatic rings. The summed E-state index contributed by atoms with van der Waals surface area (Å²) in [4.78, 5) is 34.5. The number of β-lactam (4-membered cyclic amide) rings is 1. The summed E-state index contributed by atoms with van der Waals surface area (Å²) in [5.74, 6) is -1.19. The van der Waals surface area contributed by atoms with E-state index in [1.54, 1.807) is 6.92 Å². The summed E-state index contributed by atoms with van der Waals surface area (Å²) in [5.41, 5.74) is 0.103. The van der Waals surface area contributed by atoms with Gasteiger partial charge >= 0.3 is 5.97 Å². The van der Waals surface area contributed by atoms with Crippen LogP contribution in [0.1, 0.15) is 43.5 Å². The van der Waals surface area contributed by atoms with Gasteiger partial charge in [-0.15, -0.1) is 0 Å². The van der Waals surface area contributed by atoms with Gasteiger partial charge in [-0.1, -0.05) is 0 Å². The van der Waals surface area contributed by atoms with Gasteiger partial charge in [0.2, 0.25) is 5.91 Å². The standard InChI is InChI=1S/C19H24N2O7/c1-11(27-15-5-3-4-10-26-15)16-17(20-18(16)22)12(2)28-19(23)13-6-8-14(9-7-13)21(24)25/h6-9,11-12,15-17H,3-5,10H2,1-2H3,(H,20,22)/t11-,12+,15?,16-,17-/m1/s1.